The number of rotatable bonds is 7. The second-order valence-corrected chi connectivity index (χ2v) is 5.44. The van der Waals surface area contributed by atoms with Crippen LogP contribution in [-0.2, 0) is 20.7 Å². The Balaban J connectivity index is 1.76. The van der Waals surface area contributed by atoms with Gasteiger partial charge in [0.15, 0.2) is 6.61 Å². The lowest BCUT2D eigenvalue weighted by atomic mass is 10.3. The van der Waals surface area contributed by atoms with Crippen LogP contribution >= 0.6 is 11.3 Å². The van der Waals surface area contributed by atoms with Crippen molar-refractivity contribution < 1.29 is 14.3 Å². The molecule has 0 aliphatic carbocycles. The van der Waals surface area contributed by atoms with Crippen molar-refractivity contribution in [3.8, 4) is 0 Å². The molecule has 1 aromatic carbocycles. The Bertz CT molecular complexity index is 618. The van der Waals surface area contributed by atoms with Gasteiger partial charge in [-0.25, -0.2) is 4.98 Å². The van der Waals surface area contributed by atoms with E-state index in [9.17, 15) is 9.59 Å². The number of amides is 1. The molecule has 0 atom stereocenters. The predicted octanol–water partition coefficient (Wildman–Crippen LogP) is 2.07. The summed E-state index contributed by atoms with van der Waals surface area (Å²) in [5.41, 5.74) is 0.940. The maximum Gasteiger partial charge on any atom is 0.306 e. The van der Waals surface area contributed by atoms with Crippen LogP contribution in [0.1, 0.15) is 11.4 Å². The molecule has 5 nitrogen and oxygen atoms in total. The zero-order chi connectivity index (χ0) is 15.1. The summed E-state index contributed by atoms with van der Waals surface area (Å²) in [6, 6.07) is 7.83. The maximum absolute atomic E-state index is 11.6. The topological polar surface area (TPSA) is 68.3 Å². The first kappa shape index (κ1) is 15.2. The van der Waals surface area contributed by atoms with Crippen LogP contribution in [0, 0.1) is 0 Å². The summed E-state index contributed by atoms with van der Waals surface area (Å²) in [7, 11) is 0. The first-order chi connectivity index (χ1) is 10.2. The number of fused-ring (bicyclic) bond motifs is 1. The molecule has 6 heteroatoms. The van der Waals surface area contributed by atoms with E-state index in [1.54, 1.807) is 17.4 Å². The normalized spacial score (nSPS) is 10.3. The number of esters is 1. The van der Waals surface area contributed by atoms with E-state index in [0.717, 1.165) is 15.2 Å². The van der Waals surface area contributed by atoms with E-state index in [4.69, 9.17) is 4.74 Å². The van der Waals surface area contributed by atoms with Crippen molar-refractivity contribution in [2.45, 2.75) is 12.8 Å². The average molecular weight is 304 g/mol. The fraction of sp³-hybridized carbons (Fsp3) is 0.267. The van der Waals surface area contributed by atoms with E-state index in [1.807, 2.05) is 24.3 Å². The molecular weight excluding hydrogens is 288 g/mol. The molecule has 0 bridgehead atoms. The molecule has 1 N–H and O–H groups in total. The molecular formula is C15H16N2O3S. The summed E-state index contributed by atoms with van der Waals surface area (Å²) in [5, 5.41) is 3.43. The van der Waals surface area contributed by atoms with E-state index >= 15 is 0 Å². The van der Waals surface area contributed by atoms with Crippen LogP contribution in [0.2, 0.25) is 0 Å². The minimum atomic E-state index is -0.400. The van der Waals surface area contributed by atoms with Gasteiger partial charge in [0, 0.05) is 13.0 Å². The Morgan fingerprint density at radius 3 is 2.95 bits per heavy atom. The lowest BCUT2D eigenvalue weighted by molar-refractivity contribution is -0.148. The molecule has 2 aromatic rings. The van der Waals surface area contributed by atoms with Crippen LogP contribution in [-0.4, -0.2) is 30.0 Å². The lowest BCUT2D eigenvalue weighted by Crippen LogP contribution is -2.28. The van der Waals surface area contributed by atoms with Gasteiger partial charge in [0.25, 0.3) is 5.91 Å². The molecule has 0 unspecified atom stereocenters. The fourth-order valence-electron chi connectivity index (χ4n) is 1.69. The molecule has 1 amide bonds. The molecule has 0 saturated heterocycles. The van der Waals surface area contributed by atoms with Crippen LogP contribution < -0.4 is 5.32 Å². The Morgan fingerprint density at radius 1 is 1.38 bits per heavy atom. The number of aryl methyl sites for hydroxylation is 1. The third kappa shape index (κ3) is 4.68. The minimum absolute atomic E-state index is 0.217. The number of thiazole rings is 1. The lowest BCUT2D eigenvalue weighted by Gasteiger charge is -2.04. The highest BCUT2D eigenvalue weighted by Gasteiger charge is 2.09. The van der Waals surface area contributed by atoms with Crippen molar-refractivity contribution in [2.24, 2.45) is 0 Å². The third-order valence-corrected chi connectivity index (χ3v) is 3.79. The summed E-state index contributed by atoms with van der Waals surface area (Å²) in [6.07, 6.45) is 2.30. The van der Waals surface area contributed by atoms with Gasteiger partial charge in [0.05, 0.1) is 21.6 Å². The monoisotopic (exact) mass is 304 g/mol. The predicted molar refractivity (Wildman–Crippen MR) is 82.1 cm³/mol. The van der Waals surface area contributed by atoms with Crippen molar-refractivity contribution in [1.29, 1.82) is 0 Å². The van der Waals surface area contributed by atoms with Gasteiger partial charge in [-0.2, -0.15) is 0 Å². The van der Waals surface area contributed by atoms with Crippen LogP contribution in [0.25, 0.3) is 10.2 Å². The molecule has 0 radical (unpaired) electrons. The van der Waals surface area contributed by atoms with E-state index in [2.05, 4.69) is 16.9 Å². The number of benzene rings is 1. The third-order valence-electron chi connectivity index (χ3n) is 2.69. The molecule has 0 fully saturated rings. The van der Waals surface area contributed by atoms with Gasteiger partial charge < -0.3 is 10.1 Å². The Labute approximate surface area is 126 Å². The number of hydrogen-bond donors (Lipinski definition) is 1. The molecule has 0 aliphatic rings. The second-order valence-electron chi connectivity index (χ2n) is 4.33. The zero-order valence-corrected chi connectivity index (χ0v) is 12.3. The minimum Gasteiger partial charge on any atom is -0.456 e. The van der Waals surface area contributed by atoms with E-state index in [0.29, 0.717) is 13.0 Å². The Morgan fingerprint density at radius 2 is 2.19 bits per heavy atom. The molecule has 0 spiro atoms. The van der Waals surface area contributed by atoms with Crippen molar-refractivity contribution in [3.63, 3.8) is 0 Å². The molecule has 110 valence electrons. The highest BCUT2D eigenvalue weighted by atomic mass is 32.1. The molecule has 21 heavy (non-hydrogen) atoms. The summed E-state index contributed by atoms with van der Waals surface area (Å²) in [6.45, 7) is 3.59. The molecule has 2 rings (SSSR count). The Kier molecular flexibility index (Phi) is 5.45. The van der Waals surface area contributed by atoms with Gasteiger partial charge in [-0.15, -0.1) is 17.9 Å². The van der Waals surface area contributed by atoms with Crippen LogP contribution in [0.5, 0.6) is 0 Å². The summed E-state index contributed by atoms with van der Waals surface area (Å²) in [4.78, 5) is 27.3. The number of para-hydroxylation sites is 1. The number of nitrogens with zero attached hydrogens (tertiary/aromatic N) is 1. The van der Waals surface area contributed by atoms with Crippen molar-refractivity contribution >= 4 is 33.4 Å². The SMILES string of the molecule is C=CCNC(=O)COC(=O)CCc1nc2ccccc2s1. The Hall–Kier alpha value is -2.21. The van der Waals surface area contributed by atoms with Crippen molar-refractivity contribution in [2.75, 3.05) is 13.2 Å². The summed E-state index contributed by atoms with van der Waals surface area (Å²) >= 11 is 1.57. The van der Waals surface area contributed by atoms with Crippen LogP contribution in [0.4, 0.5) is 0 Å². The zero-order valence-electron chi connectivity index (χ0n) is 11.5. The van der Waals surface area contributed by atoms with Gasteiger partial charge in [-0.1, -0.05) is 18.2 Å². The quantitative estimate of drug-likeness (QED) is 0.628. The number of hydrogen-bond acceptors (Lipinski definition) is 5. The van der Waals surface area contributed by atoms with Gasteiger partial charge in [0.2, 0.25) is 0 Å². The first-order valence-electron chi connectivity index (χ1n) is 6.56. The second kappa shape index (κ2) is 7.54. The van der Waals surface area contributed by atoms with E-state index in [1.165, 1.54) is 0 Å². The number of ether oxygens (including phenoxy) is 1. The van der Waals surface area contributed by atoms with Crippen LogP contribution in [0.3, 0.4) is 0 Å². The van der Waals surface area contributed by atoms with Crippen molar-refractivity contribution in [1.82, 2.24) is 10.3 Å². The van der Waals surface area contributed by atoms with Crippen LogP contribution in [0.15, 0.2) is 36.9 Å². The van der Waals surface area contributed by atoms with E-state index < -0.39 is 5.97 Å². The fourth-order valence-corrected chi connectivity index (χ4v) is 2.66. The van der Waals surface area contributed by atoms with Gasteiger partial charge in [-0.05, 0) is 12.1 Å². The summed E-state index contributed by atoms with van der Waals surface area (Å²) in [5.74, 6) is -0.730. The first-order valence-corrected chi connectivity index (χ1v) is 7.38. The molecule has 0 aliphatic heterocycles. The number of carbonyl (C=O) groups excluding carboxylic acids is 2. The average Bonchev–Trinajstić information content (AvgIpc) is 2.91. The molecule has 1 aromatic heterocycles. The van der Waals surface area contributed by atoms with Crippen molar-refractivity contribution in [3.05, 3.63) is 41.9 Å². The largest absolute Gasteiger partial charge is 0.456 e. The standard InChI is InChI=1S/C15H16N2O3S/c1-2-9-16-13(18)10-20-15(19)8-7-14-17-11-5-3-4-6-12(11)21-14/h2-6H,1,7-10H2,(H,16,18). The summed E-state index contributed by atoms with van der Waals surface area (Å²) < 4.78 is 5.99. The highest BCUT2D eigenvalue weighted by Crippen LogP contribution is 2.22. The van der Waals surface area contributed by atoms with Gasteiger partial charge in [-0.3, -0.25) is 9.59 Å². The van der Waals surface area contributed by atoms with Gasteiger partial charge in [0.1, 0.15) is 0 Å². The number of carbonyl (C=O) groups is 2. The van der Waals surface area contributed by atoms with Gasteiger partial charge >= 0.3 is 5.97 Å². The number of aromatic nitrogens is 1. The highest BCUT2D eigenvalue weighted by molar-refractivity contribution is 7.18. The smallest absolute Gasteiger partial charge is 0.306 e. The number of nitrogens with one attached hydrogen (secondary N) is 1. The maximum atomic E-state index is 11.6. The van der Waals surface area contributed by atoms with E-state index in [-0.39, 0.29) is 18.9 Å². The molecule has 1 heterocycles. The molecule has 0 saturated carbocycles.